The molecule has 0 spiro atoms. The number of fused-ring (bicyclic) bond motifs is 1. The fourth-order valence-electron chi connectivity index (χ4n) is 4.16. The Morgan fingerprint density at radius 1 is 1.09 bits per heavy atom. The molecule has 0 unspecified atom stereocenters. The van der Waals surface area contributed by atoms with Gasteiger partial charge in [-0.15, -0.1) is 0 Å². The van der Waals surface area contributed by atoms with Crippen molar-refractivity contribution in [1.82, 2.24) is 29.9 Å². The third kappa shape index (κ3) is 3.78. The van der Waals surface area contributed by atoms with Crippen molar-refractivity contribution in [2.75, 3.05) is 0 Å². The second kappa shape index (κ2) is 8.02. The van der Waals surface area contributed by atoms with Crippen molar-refractivity contribution in [3.63, 3.8) is 0 Å². The molecule has 0 fully saturated rings. The van der Waals surface area contributed by atoms with Crippen LogP contribution in [0, 0.1) is 19.7 Å². The topological polar surface area (TPSA) is 75.2 Å². The summed E-state index contributed by atoms with van der Waals surface area (Å²) in [6.07, 6.45) is 9.19. The molecule has 0 aliphatic rings. The Balaban J connectivity index is 1.62. The van der Waals surface area contributed by atoms with Crippen LogP contribution in [-0.4, -0.2) is 29.9 Å². The van der Waals surface area contributed by atoms with Gasteiger partial charge in [0.25, 0.3) is 0 Å². The molecule has 164 valence electrons. The number of pyridine rings is 1. The summed E-state index contributed by atoms with van der Waals surface area (Å²) in [5.41, 5.74) is 8.78. The fourth-order valence-corrected chi connectivity index (χ4v) is 4.16. The van der Waals surface area contributed by atoms with Gasteiger partial charge in [0.15, 0.2) is 5.65 Å². The number of allylic oxidation sites excluding steroid dienone is 2. The van der Waals surface area contributed by atoms with E-state index < -0.39 is 0 Å². The van der Waals surface area contributed by atoms with Crippen LogP contribution in [0.1, 0.15) is 22.4 Å². The van der Waals surface area contributed by atoms with Crippen molar-refractivity contribution in [3.8, 4) is 22.5 Å². The van der Waals surface area contributed by atoms with E-state index >= 15 is 0 Å². The van der Waals surface area contributed by atoms with Crippen molar-refractivity contribution >= 4 is 16.6 Å². The summed E-state index contributed by atoms with van der Waals surface area (Å²) in [6, 6.07) is 9.15. The Morgan fingerprint density at radius 3 is 2.67 bits per heavy atom. The number of aromatic amines is 2. The number of aromatic nitrogens is 6. The van der Waals surface area contributed by atoms with E-state index in [0.717, 1.165) is 55.9 Å². The van der Waals surface area contributed by atoms with Crippen LogP contribution >= 0.6 is 0 Å². The number of nitrogens with one attached hydrogen (secondary N) is 2. The van der Waals surface area contributed by atoms with Gasteiger partial charge in [0.2, 0.25) is 0 Å². The number of nitrogens with zero attached hydrogens (tertiary/aromatic N) is 4. The van der Waals surface area contributed by atoms with Gasteiger partial charge >= 0.3 is 0 Å². The van der Waals surface area contributed by atoms with E-state index in [9.17, 15) is 4.39 Å². The molecule has 0 aliphatic carbocycles. The van der Waals surface area contributed by atoms with E-state index in [-0.39, 0.29) is 5.82 Å². The Kier molecular flexibility index (Phi) is 5.01. The van der Waals surface area contributed by atoms with E-state index in [1.165, 1.54) is 6.07 Å². The number of hydrogen-bond donors (Lipinski definition) is 2. The third-order valence-electron chi connectivity index (χ3n) is 5.66. The van der Waals surface area contributed by atoms with E-state index in [0.29, 0.717) is 5.65 Å². The molecule has 0 saturated carbocycles. The Hall–Kier alpha value is -4.26. The van der Waals surface area contributed by atoms with Crippen molar-refractivity contribution in [2.24, 2.45) is 7.05 Å². The van der Waals surface area contributed by atoms with Crippen molar-refractivity contribution in [3.05, 3.63) is 95.9 Å². The van der Waals surface area contributed by atoms with Crippen LogP contribution in [0.15, 0.2) is 67.7 Å². The first-order valence-corrected chi connectivity index (χ1v) is 10.6. The first kappa shape index (κ1) is 20.6. The summed E-state index contributed by atoms with van der Waals surface area (Å²) < 4.78 is 15.9. The minimum absolute atomic E-state index is 0.262. The quantitative estimate of drug-likeness (QED) is 0.344. The number of hydrogen-bond acceptors (Lipinski definition) is 3. The molecule has 0 saturated heterocycles. The molecule has 7 heteroatoms. The summed E-state index contributed by atoms with van der Waals surface area (Å²) >= 11 is 0. The predicted octanol–water partition coefficient (Wildman–Crippen LogP) is 5.73. The molecule has 4 heterocycles. The normalized spacial score (nSPS) is 11.9. The van der Waals surface area contributed by atoms with Gasteiger partial charge in [-0.3, -0.25) is 9.78 Å². The average Bonchev–Trinajstić information content (AvgIpc) is 3.49. The van der Waals surface area contributed by atoms with Crippen molar-refractivity contribution in [2.45, 2.75) is 13.8 Å². The lowest BCUT2D eigenvalue weighted by atomic mass is 9.96. The number of benzene rings is 1. The predicted molar refractivity (Wildman–Crippen MR) is 129 cm³/mol. The van der Waals surface area contributed by atoms with Gasteiger partial charge in [-0.1, -0.05) is 24.8 Å². The number of halogens is 1. The maximum absolute atomic E-state index is 14.1. The van der Waals surface area contributed by atoms with Gasteiger partial charge in [0.1, 0.15) is 5.82 Å². The Morgan fingerprint density at radius 2 is 1.94 bits per heavy atom. The molecular formula is C26H23FN6. The SMILES string of the molecule is C=C/C=C(/c1cc(C)cc(F)c1)c1cc(-c2[nH]nc3ncc(-c4cnn(C)c4)cc23)[nH]c1C. The van der Waals surface area contributed by atoms with E-state index in [1.54, 1.807) is 23.0 Å². The third-order valence-corrected chi connectivity index (χ3v) is 5.66. The molecule has 6 nitrogen and oxygen atoms in total. The summed E-state index contributed by atoms with van der Waals surface area (Å²) in [6.45, 7) is 7.74. The van der Waals surface area contributed by atoms with Gasteiger partial charge < -0.3 is 4.98 Å². The minimum atomic E-state index is -0.262. The molecule has 0 amide bonds. The highest BCUT2D eigenvalue weighted by Gasteiger charge is 2.17. The molecular weight excluding hydrogens is 415 g/mol. The second-order valence-electron chi connectivity index (χ2n) is 8.15. The standard InChI is InChI=1S/C26H23FN6/c1-5-6-21(17-7-15(2)8-20(27)9-17)22-11-24(30-16(22)3)25-23-10-18(12-28-26(23)32-31-25)19-13-29-33(4)14-19/h5-14,30H,1H2,2-4H3,(H,28,31,32)/b21-6-. The molecule has 0 aliphatic heterocycles. The Labute approximate surface area is 190 Å². The molecule has 5 aromatic rings. The zero-order chi connectivity index (χ0) is 23.1. The van der Waals surface area contributed by atoms with Crippen molar-refractivity contribution in [1.29, 1.82) is 0 Å². The Bertz CT molecular complexity index is 1510. The van der Waals surface area contributed by atoms with E-state index in [2.05, 4.69) is 44.0 Å². The lowest BCUT2D eigenvalue weighted by molar-refractivity contribution is 0.626. The molecule has 1 aromatic carbocycles. The van der Waals surface area contributed by atoms with Crippen LogP contribution in [0.5, 0.6) is 0 Å². The van der Waals surface area contributed by atoms with Crippen LogP contribution in [0.25, 0.3) is 39.1 Å². The lowest BCUT2D eigenvalue weighted by Gasteiger charge is -2.09. The van der Waals surface area contributed by atoms with Crippen LogP contribution in [-0.2, 0) is 7.05 Å². The molecule has 0 radical (unpaired) electrons. The van der Waals surface area contributed by atoms with E-state index in [4.69, 9.17) is 0 Å². The minimum Gasteiger partial charge on any atom is -0.357 e. The van der Waals surface area contributed by atoms with Gasteiger partial charge in [-0.25, -0.2) is 9.37 Å². The number of rotatable bonds is 5. The van der Waals surface area contributed by atoms with Crippen LogP contribution in [0.4, 0.5) is 4.39 Å². The zero-order valence-corrected chi connectivity index (χ0v) is 18.6. The molecule has 2 N–H and O–H groups in total. The highest BCUT2D eigenvalue weighted by atomic mass is 19.1. The summed E-state index contributed by atoms with van der Waals surface area (Å²) in [7, 11) is 1.89. The highest BCUT2D eigenvalue weighted by Crippen LogP contribution is 2.34. The highest BCUT2D eigenvalue weighted by molar-refractivity contribution is 5.94. The van der Waals surface area contributed by atoms with Crippen LogP contribution < -0.4 is 0 Å². The van der Waals surface area contributed by atoms with Gasteiger partial charge in [-0.05, 0) is 54.8 Å². The maximum Gasteiger partial charge on any atom is 0.181 e. The molecule has 5 rings (SSSR count). The molecule has 4 aromatic heterocycles. The summed E-state index contributed by atoms with van der Waals surface area (Å²) in [5, 5.41) is 12.7. The number of H-pyrrole nitrogens is 2. The van der Waals surface area contributed by atoms with E-state index in [1.807, 2.05) is 45.4 Å². The van der Waals surface area contributed by atoms with Gasteiger partial charge in [-0.2, -0.15) is 10.2 Å². The first-order valence-electron chi connectivity index (χ1n) is 10.6. The molecule has 0 atom stereocenters. The second-order valence-corrected chi connectivity index (χ2v) is 8.15. The van der Waals surface area contributed by atoms with Crippen molar-refractivity contribution < 1.29 is 4.39 Å². The first-order chi connectivity index (χ1) is 15.9. The maximum atomic E-state index is 14.1. The fraction of sp³-hybridized carbons (Fsp3) is 0.115. The van der Waals surface area contributed by atoms with Crippen LogP contribution in [0.2, 0.25) is 0 Å². The average molecular weight is 439 g/mol. The smallest absolute Gasteiger partial charge is 0.181 e. The number of aryl methyl sites for hydroxylation is 3. The van der Waals surface area contributed by atoms with Gasteiger partial charge in [0.05, 0.1) is 17.6 Å². The monoisotopic (exact) mass is 438 g/mol. The summed E-state index contributed by atoms with van der Waals surface area (Å²) in [5.74, 6) is -0.262. The molecule has 33 heavy (non-hydrogen) atoms. The zero-order valence-electron chi connectivity index (χ0n) is 18.6. The lowest BCUT2D eigenvalue weighted by Crippen LogP contribution is -1.91. The molecule has 0 bridgehead atoms. The summed E-state index contributed by atoms with van der Waals surface area (Å²) in [4.78, 5) is 7.97. The van der Waals surface area contributed by atoms with Crippen LogP contribution in [0.3, 0.4) is 0 Å². The largest absolute Gasteiger partial charge is 0.357 e. The van der Waals surface area contributed by atoms with Gasteiger partial charge in [0, 0.05) is 47.2 Å².